The largest absolute Gasteiger partial charge is 0.310 e. The molecule has 0 spiro atoms. The number of benzene rings is 1. The Morgan fingerprint density at radius 1 is 1.05 bits per heavy atom. The van der Waals surface area contributed by atoms with Crippen LogP contribution in [-0.4, -0.2) is 11.0 Å². The topological polar surface area (TPSA) is 24.9 Å². The Balaban J connectivity index is 1.47. The molecule has 98 valence electrons. The molecule has 1 aliphatic carbocycles. The molecule has 0 bridgehead atoms. The van der Waals surface area contributed by atoms with Gasteiger partial charge >= 0.3 is 0 Å². The van der Waals surface area contributed by atoms with Crippen LogP contribution in [0.3, 0.4) is 0 Å². The van der Waals surface area contributed by atoms with E-state index in [0.29, 0.717) is 6.04 Å². The summed E-state index contributed by atoms with van der Waals surface area (Å²) in [6, 6.07) is 13.5. The fraction of sp³-hybridized carbons (Fsp3) is 0.312. The molecule has 1 aromatic carbocycles. The highest BCUT2D eigenvalue weighted by atomic mass is 79.9. The van der Waals surface area contributed by atoms with E-state index < -0.39 is 0 Å². The van der Waals surface area contributed by atoms with Gasteiger partial charge in [-0.15, -0.1) is 0 Å². The fourth-order valence-corrected chi connectivity index (χ4v) is 2.82. The highest BCUT2D eigenvalue weighted by molar-refractivity contribution is 9.10. The summed E-state index contributed by atoms with van der Waals surface area (Å²) < 4.78 is 1.16. The standard InChI is InChI=1S/C16H17BrN2/c17-15-3-1-13(2-4-15)14-9-16(10-14)19-11-12-5-7-18-8-6-12/h1-8,14,16,19H,9-11H2. The van der Waals surface area contributed by atoms with E-state index in [1.807, 2.05) is 12.4 Å². The number of hydrogen-bond acceptors (Lipinski definition) is 2. The molecule has 2 aromatic rings. The summed E-state index contributed by atoms with van der Waals surface area (Å²) in [5.74, 6) is 0.725. The van der Waals surface area contributed by atoms with Crippen molar-refractivity contribution in [3.8, 4) is 0 Å². The molecule has 1 aromatic heterocycles. The van der Waals surface area contributed by atoms with Gasteiger partial charge in [0.1, 0.15) is 0 Å². The number of aromatic nitrogens is 1. The first-order valence-corrected chi connectivity index (χ1v) is 7.48. The van der Waals surface area contributed by atoms with Gasteiger partial charge in [-0.25, -0.2) is 0 Å². The Labute approximate surface area is 122 Å². The molecule has 0 atom stereocenters. The number of nitrogens with zero attached hydrogens (tertiary/aromatic N) is 1. The van der Waals surface area contributed by atoms with Gasteiger partial charge in [-0.3, -0.25) is 4.98 Å². The van der Waals surface area contributed by atoms with Crippen LogP contribution in [0, 0.1) is 0 Å². The molecular weight excluding hydrogens is 300 g/mol. The first-order valence-electron chi connectivity index (χ1n) is 6.69. The molecule has 1 heterocycles. The second-order valence-electron chi connectivity index (χ2n) is 5.15. The van der Waals surface area contributed by atoms with Crippen LogP contribution < -0.4 is 5.32 Å². The van der Waals surface area contributed by atoms with Gasteiger partial charge in [0.2, 0.25) is 0 Å². The summed E-state index contributed by atoms with van der Waals surface area (Å²) >= 11 is 3.48. The van der Waals surface area contributed by atoms with Crippen LogP contribution in [0.15, 0.2) is 53.3 Å². The van der Waals surface area contributed by atoms with Gasteiger partial charge in [-0.2, -0.15) is 0 Å². The molecule has 0 amide bonds. The van der Waals surface area contributed by atoms with Gasteiger partial charge in [0.15, 0.2) is 0 Å². The zero-order valence-electron chi connectivity index (χ0n) is 10.7. The first kappa shape index (κ1) is 12.8. The lowest BCUT2D eigenvalue weighted by atomic mass is 9.76. The van der Waals surface area contributed by atoms with Gasteiger partial charge in [-0.05, 0) is 54.2 Å². The maximum absolute atomic E-state index is 4.03. The van der Waals surface area contributed by atoms with E-state index >= 15 is 0 Å². The maximum Gasteiger partial charge on any atom is 0.0271 e. The molecule has 0 aliphatic heterocycles. The molecule has 3 rings (SSSR count). The molecule has 3 heteroatoms. The van der Waals surface area contributed by atoms with E-state index in [1.54, 1.807) is 0 Å². The molecule has 2 nitrogen and oxygen atoms in total. The highest BCUT2D eigenvalue weighted by Gasteiger charge is 2.29. The lowest BCUT2D eigenvalue weighted by Gasteiger charge is -2.36. The van der Waals surface area contributed by atoms with Crippen molar-refractivity contribution in [2.24, 2.45) is 0 Å². The van der Waals surface area contributed by atoms with Crippen molar-refractivity contribution in [2.45, 2.75) is 31.3 Å². The highest BCUT2D eigenvalue weighted by Crippen LogP contribution is 2.37. The minimum atomic E-state index is 0.654. The predicted molar refractivity (Wildman–Crippen MR) is 81.0 cm³/mol. The third-order valence-electron chi connectivity index (χ3n) is 3.82. The summed E-state index contributed by atoms with van der Waals surface area (Å²) in [5.41, 5.74) is 2.77. The Bertz CT molecular complexity index is 518. The van der Waals surface area contributed by atoms with Crippen molar-refractivity contribution in [1.29, 1.82) is 0 Å². The Hall–Kier alpha value is -1.19. The number of hydrogen-bond donors (Lipinski definition) is 1. The third kappa shape index (κ3) is 3.23. The van der Waals surface area contributed by atoms with Crippen LogP contribution in [0.2, 0.25) is 0 Å². The van der Waals surface area contributed by atoms with E-state index in [4.69, 9.17) is 0 Å². The zero-order chi connectivity index (χ0) is 13.1. The minimum Gasteiger partial charge on any atom is -0.310 e. The van der Waals surface area contributed by atoms with Gasteiger partial charge in [0, 0.05) is 29.5 Å². The molecule has 0 radical (unpaired) electrons. The second-order valence-corrected chi connectivity index (χ2v) is 6.07. The van der Waals surface area contributed by atoms with E-state index in [-0.39, 0.29) is 0 Å². The Morgan fingerprint density at radius 2 is 1.74 bits per heavy atom. The number of nitrogens with one attached hydrogen (secondary N) is 1. The molecular formula is C16H17BrN2. The van der Waals surface area contributed by atoms with E-state index in [2.05, 4.69) is 62.6 Å². The van der Waals surface area contributed by atoms with Gasteiger partial charge in [0.25, 0.3) is 0 Å². The maximum atomic E-state index is 4.03. The molecule has 0 saturated heterocycles. The summed E-state index contributed by atoms with van der Waals surface area (Å²) in [6.45, 7) is 0.945. The fourth-order valence-electron chi connectivity index (χ4n) is 2.55. The first-order chi connectivity index (χ1) is 9.31. The predicted octanol–water partition coefficient (Wildman–Crippen LogP) is 3.88. The van der Waals surface area contributed by atoms with Crippen LogP contribution in [0.5, 0.6) is 0 Å². The second kappa shape index (κ2) is 5.85. The molecule has 0 unspecified atom stereocenters. The van der Waals surface area contributed by atoms with E-state index in [0.717, 1.165) is 16.9 Å². The van der Waals surface area contributed by atoms with Crippen molar-refractivity contribution >= 4 is 15.9 Å². The van der Waals surface area contributed by atoms with E-state index in [9.17, 15) is 0 Å². The number of pyridine rings is 1. The zero-order valence-corrected chi connectivity index (χ0v) is 12.3. The minimum absolute atomic E-state index is 0.654. The average Bonchev–Trinajstić information content (AvgIpc) is 2.40. The van der Waals surface area contributed by atoms with Crippen molar-refractivity contribution in [3.63, 3.8) is 0 Å². The summed E-state index contributed by atoms with van der Waals surface area (Å²) in [4.78, 5) is 4.03. The third-order valence-corrected chi connectivity index (χ3v) is 4.35. The van der Waals surface area contributed by atoms with Crippen molar-refractivity contribution in [3.05, 3.63) is 64.4 Å². The Kier molecular flexibility index (Phi) is 3.95. The Morgan fingerprint density at radius 3 is 2.42 bits per heavy atom. The molecule has 1 N–H and O–H groups in total. The van der Waals surface area contributed by atoms with Crippen LogP contribution in [0.1, 0.15) is 29.9 Å². The van der Waals surface area contributed by atoms with Gasteiger partial charge in [0.05, 0.1) is 0 Å². The smallest absolute Gasteiger partial charge is 0.0271 e. The molecule has 1 fully saturated rings. The SMILES string of the molecule is Brc1ccc(C2CC(NCc3ccncc3)C2)cc1. The van der Waals surface area contributed by atoms with Gasteiger partial charge in [-0.1, -0.05) is 28.1 Å². The van der Waals surface area contributed by atoms with Crippen LogP contribution in [0.25, 0.3) is 0 Å². The van der Waals surface area contributed by atoms with Gasteiger partial charge < -0.3 is 5.32 Å². The van der Waals surface area contributed by atoms with Crippen molar-refractivity contribution in [2.75, 3.05) is 0 Å². The molecule has 19 heavy (non-hydrogen) atoms. The average molecular weight is 317 g/mol. The molecule has 1 aliphatic rings. The number of rotatable bonds is 4. The lowest BCUT2D eigenvalue weighted by molar-refractivity contribution is 0.289. The lowest BCUT2D eigenvalue weighted by Crippen LogP contribution is -2.39. The van der Waals surface area contributed by atoms with E-state index in [1.165, 1.54) is 24.0 Å². The molecule has 1 saturated carbocycles. The van der Waals surface area contributed by atoms with Crippen LogP contribution >= 0.6 is 15.9 Å². The quantitative estimate of drug-likeness (QED) is 0.926. The van der Waals surface area contributed by atoms with Crippen molar-refractivity contribution < 1.29 is 0 Å². The summed E-state index contributed by atoms with van der Waals surface area (Å²) in [7, 11) is 0. The monoisotopic (exact) mass is 316 g/mol. The number of halogens is 1. The van der Waals surface area contributed by atoms with Crippen molar-refractivity contribution in [1.82, 2.24) is 10.3 Å². The van der Waals surface area contributed by atoms with Crippen LogP contribution in [0.4, 0.5) is 0 Å². The summed E-state index contributed by atoms with van der Waals surface area (Å²) in [6.07, 6.45) is 6.18. The normalized spacial score (nSPS) is 21.9. The summed E-state index contributed by atoms with van der Waals surface area (Å²) in [5, 5.41) is 3.61. The van der Waals surface area contributed by atoms with Crippen LogP contribution in [-0.2, 0) is 6.54 Å².